The SMILES string of the molecule is CC[Si](CC)(CC)O[C@H](C)C[C@@H](C)[C@@H](O[Si](C)(C)C(C)(C)C)[C@@H](OCc1ccccc1)C(C)=O. The summed E-state index contributed by atoms with van der Waals surface area (Å²) in [5, 5.41) is 0.0442. The molecule has 0 amide bonds. The van der Waals surface area contributed by atoms with Gasteiger partial charge in [-0.3, -0.25) is 4.79 Å². The molecule has 0 spiro atoms. The Labute approximate surface area is 212 Å². The van der Waals surface area contributed by atoms with Crippen LogP contribution in [0.3, 0.4) is 0 Å². The number of hydrogen-bond donors (Lipinski definition) is 0. The van der Waals surface area contributed by atoms with Crippen molar-refractivity contribution in [2.45, 2.75) is 130 Å². The molecule has 0 bridgehead atoms. The van der Waals surface area contributed by atoms with Gasteiger partial charge in [0.05, 0.1) is 12.7 Å². The second-order valence-electron chi connectivity index (χ2n) is 11.6. The summed E-state index contributed by atoms with van der Waals surface area (Å²) in [5.41, 5.74) is 1.06. The highest BCUT2D eigenvalue weighted by atomic mass is 28.4. The Morgan fingerprint density at radius 3 is 1.91 bits per heavy atom. The summed E-state index contributed by atoms with van der Waals surface area (Å²) in [4.78, 5) is 12.9. The van der Waals surface area contributed by atoms with E-state index in [9.17, 15) is 4.79 Å². The van der Waals surface area contributed by atoms with Crippen molar-refractivity contribution >= 4 is 22.4 Å². The van der Waals surface area contributed by atoms with E-state index in [2.05, 4.69) is 68.5 Å². The van der Waals surface area contributed by atoms with E-state index in [0.717, 1.165) is 30.1 Å². The number of hydrogen-bond acceptors (Lipinski definition) is 4. The average molecular weight is 509 g/mol. The van der Waals surface area contributed by atoms with E-state index >= 15 is 0 Å². The molecule has 0 aliphatic rings. The molecule has 0 aliphatic heterocycles. The Morgan fingerprint density at radius 1 is 0.941 bits per heavy atom. The van der Waals surface area contributed by atoms with Gasteiger partial charge in [0.2, 0.25) is 0 Å². The lowest BCUT2D eigenvalue weighted by Gasteiger charge is -2.43. The minimum atomic E-state index is -2.13. The molecule has 1 aromatic carbocycles. The van der Waals surface area contributed by atoms with Crippen molar-refractivity contribution in [3.05, 3.63) is 35.9 Å². The van der Waals surface area contributed by atoms with Crippen LogP contribution in [0, 0.1) is 5.92 Å². The molecular formula is C28H52O4Si2. The average Bonchev–Trinajstić information content (AvgIpc) is 2.76. The molecule has 0 saturated carbocycles. The predicted octanol–water partition coefficient (Wildman–Crippen LogP) is 7.99. The van der Waals surface area contributed by atoms with Crippen LogP contribution in [0.1, 0.15) is 74.3 Å². The van der Waals surface area contributed by atoms with Gasteiger partial charge in [-0.1, -0.05) is 78.8 Å². The fourth-order valence-corrected chi connectivity index (χ4v) is 8.67. The van der Waals surface area contributed by atoms with Gasteiger partial charge >= 0.3 is 0 Å². The van der Waals surface area contributed by atoms with Crippen LogP contribution in [-0.4, -0.2) is 40.7 Å². The van der Waals surface area contributed by atoms with E-state index in [1.807, 2.05) is 30.3 Å². The summed E-state index contributed by atoms with van der Waals surface area (Å²) in [6.45, 7) is 24.5. The molecule has 0 fully saturated rings. The second kappa shape index (κ2) is 13.5. The van der Waals surface area contributed by atoms with Crippen molar-refractivity contribution in [3.8, 4) is 0 Å². The first-order chi connectivity index (χ1) is 15.7. The first-order valence-electron chi connectivity index (χ1n) is 13.2. The first kappa shape index (κ1) is 31.2. The van der Waals surface area contributed by atoms with Gasteiger partial charge in [0, 0.05) is 6.10 Å². The second-order valence-corrected chi connectivity index (χ2v) is 21.0. The van der Waals surface area contributed by atoms with Crippen LogP contribution < -0.4 is 0 Å². The third kappa shape index (κ3) is 9.01. The number of rotatable bonds is 15. The number of benzene rings is 1. The maximum Gasteiger partial charge on any atom is 0.192 e. The lowest BCUT2D eigenvalue weighted by Crippen LogP contribution is -2.52. The van der Waals surface area contributed by atoms with E-state index in [0.29, 0.717) is 6.61 Å². The zero-order valence-electron chi connectivity index (χ0n) is 23.9. The largest absolute Gasteiger partial charge is 0.414 e. The smallest absolute Gasteiger partial charge is 0.192 e. The van der Waals surface area contributed by atoms with Gasteiger partial charge in [-0.2, -0.15) is 0 Å². The van der Waals surface area contributed by atoms with Crippen molar-refractivity contribution < 1.29 is 18.4 Å². The Balaban J connectivity index is 3.17. The van der Waals surface area contributed by atoms with Gasteiger partial charge in [0.15, 0.2) is 22.4 Å². The lowest BCUT2D eigenvalue weighted by atomic mass is 9.92. The third-order valence-electron chi connectivity index (χ3n) is 7.86. The molecule has 0 radical (unpaired) electrons. The Morgan fingerprint density at radius 2 is 1.47 bits per heavy atom. The fourth-order valence-electron chi connectivity index (χ4n) is 4.33. The van der Waals surface area contributed by atoms with Crippen LogP contribution in [0.4, 0.5) is 0 Å². The van der Waals surface area contributed by atoms with Crippen molar-refractivity contribution in [1.82, 2.24) is 0 Å². The molecular weight excluding hydrogens is 456 g/mol. The molecule has 0 unspecified atom stereocenters. The molecule has 34 heavy (non-hydrogen) atoms. The highest BCUT2D eigenvalue weighted by Crippen LogP contribution is 2.39. The standard InChI is InChI=1S/C28H52O4Si2/c1-12-34(13-2,14-3)31-23(5)20-22(4)26(32-33(10,11)28(7,8)9)27(24(6)29)30-21-25-18-16-15-17-19-25/h15-19,22-23,26-27H,12-14,20-21H2,1-11H3/t22-,23-,26-,27+/m1/s1. The van der Waals surface area contributed by atoms with Gasteiger partial charge < -0.3 is 13.6 Å². The number of Topliss-reactive ketones (excluding diaryl/α,β-unsaturated/α-hetero) is 1. The van der Waals surface area contributed by atoms with E-state index in [-0.39, 0.29) is 28.9 Å². The van der Waals surface area contributed by atoms with Gasteiger partial charge in [-0.05, 0) is 68.0 Å². The Bertz CT molecular complexity index is 717. The summed E-state index contributed by atoms with van der Waals surface area (Å²) in [6, 6.07) is 13.5. The number of carbonyl (C=O) groups is 1. The Kier molecular flexibility index (Phi) is 12.4. The molecule has 0 aromatic heterocycles. The highest BCUT2D eigenvalue weighted by Gasteiger charge is 2.44. The zero-order chi connectivity index (χ0) is 26.2. The normalized spacial score (nSPS) is 16.7. The van der Waals surface area contributed by atoms with Gasteiger partial charge in [-0.25, -0.2) is 0 Å². The summed E-state index contributed by atoms with van der Waals surface area (Å²) in [7, 11) is -3.83. The molecule has 4 nitrogen and oxygen atoms in total. The Hall–Kier alpha value is -0.796. The van der Waals surface area contributed by atoms with E-state index < -0.39 is 22.7 Å². The molecule has 0 N–H and O–H groups in total. The van der Waals surface area contributed by atoms with Crippen molar-refractivity contribution in [3.63, 3.8) is 0 Å². The van der Waals surface area contributed by atoms with Crippen molar-refractivity contribution in [2.75, 3.05) is 0 Å². The molecule has 0 heterocycles. The monoisotopic (exact) mass is 508 g/mol. The van der Waals surface area contributed by atoms with Crippen LogP contribution in [0.5, 0.6) is 0 Å². The molecule has 1 rings (SSSR count). The molecule has 196 valence electrons. The van der Waals surface area contributed by atoms with Crippen LogP contribution >= 0.6 is 0 Å². The number of ketones is 1. The molecule has 1 aromatic rings. The number of ether oxygens (including phenoxy) is 1. The summed E-state index contributed by atoms with van der Waals surface area (Å²) in [5.74, 6) is 0.158. The van der Waals surface area contributed by atoms with Crippen molar-refractivity contribution in [2.24, 2.45) is 5.92 Å². The topological polar surface area (TPSA) is 44.8 Å². The van der Waals surface area contributed by atoms with E-state index in [4.69, 9.17) is 13.6 Å². The molecule has 6 heteroatoms. The number of carbonyl (C=O) groups excluding carboxylic acids is 1. The van der Waals surface area contributed by atoms with Gasteiger partial charge in [-0.15, -0.1) is 0 Å². The van der Waals surface area contributed by atoms with Crippen LogP contribution in [0.2, 0.25) is 36.3 Å². The van der Waals surface area contributed by atoms with Crippen molar-refractivity contribution in [1.29, 1.82) is 0 Å². The third-order valence-corrected chi connectivity index (χ3v) is 17.1. The fraction of sp³-hybridized carbons (Fsp3) is 0.750. The zero-order valence-corrected chi connectivity index (χ0v) is 25.9. The minimum Gasteiger partial charge on any atom is -0.414 e. The summed E-state index contributed by atoms with van der Waals surface area (Å²) in [6.07, 6.45) is 0.0944. The first-order valence-corrected chi connectivity index (χ1v) is 18.7. The highest BCUT2D eigenvalue weighted by molar-refractivity contribution is 6.74. The lowest BCUT2D eigenvalue weighted by molar-refractivity contribution is -0.140. The predicted molar refractivity (Wildman–Crippen MR) is 149 cm³/mol. The molecule has 4 atom stereocenters. The van der Waals surface area contributed by atoms with Gasteiger partial charge in [0.25, 0.3) is 0 Å². The maximum absolute atomic E-state index is 12.9. The molecule has 0 aliphatic carbocycles. The summed E-state index contributed by atoms with van der Waals surface area (Å²) >= 11 is 0. The van der Waals surface area contributed by atoms with E-state index in [1.54, 1.807) is 6.92 Å². The van der Waals surface area contributed by atoms with Crippen LogP contribution in [-0.2, 0) is 25.0 Å². The van der Waals surface area contributed by atoms with Crippen LogP contribution in [0.15, 0.2) is 30.3 Å². The molecule has 0 saturated heterocycles. The maximum atomic E-state index is 12.9. The van der Waals surface area contributed by atoms with E-state index in [1.165, 1.54) is 0 Å². The summed E-state index contributed by atoms with van der Waals surface area (Å²) < 4.78 is 20.0. The van der Waals surface area contributed by atoms with Crippen LogP contribution in [0.25, 0.3) is 0 Å². The quantitative estimate of drug-likeness (QED) is 0.225. The minimum absolute atomic E-state index is 0.0273. The van der Waals surface area contributed by atoms with Gasteiger partial charge in [0.1, 0.15) is 6.10 Å².